The van der Waals surface area contributed by atoms with Crippen LogP contribution >= 0.6 is 0 Å². The number of hydrogen-bond donors (Lipinski definition) is 1. The molecule has 0 saturated carbocycles. The molecule has 4 rings (SSSR count). The van der Waals surface area contributed by atoms with Gasteiger partial charge in [-0.3, -0.25) is 4.79 Å². The zero-order chi connectivity index (χ0) is 20.2. The molecule has 29 heavy (non-hydrogen) atoms. The summed E-state index contributed by atoms with van der Waals surface area (Å²) in [5.74, 6) is -0.129. The highest BCUT2D eigenvalue weighted by Crippen LogP contribution is 2.22. The largest absolute Gasteiger partial charge is 0.350 e. The molecule has 5 heteroatoms. The molecule has 5 nitrogen and oxygen atoms in total. The molecule has 0 unspecified atom stereocenters. The Kier molecular flexibility index (Phi) is 5.29. The van der Waals surface area contributed by atoms with Crippen LogP contribution in [0.5, 0.6) is 0 Å². The van der Waals surface area contributed by atoms with E-state index in [-0.39, 0.29) is 5.91 Å². The monoisotopic (exact) mass is 384 g/mol. The van der Waals surface area contributed by atoms with Crippen LogP contribution in [0.3, 0.4) is 0 Å². The van der Waals surface area contributed by atoms with Crippen molar-refractivity contribution in [1.29, 1.82) is 0 Å². The van der Waals surface area contributed by atoms with Crippen molar-refractivity contribution in [3.8, 4) is 17.1 Å². The summed E-state index contributed by atoms with van der Waals surface area (Å²) < 4.78 is 3.73. The number of nitrogens with one attached hydrogen (secondary N) is 1. The Morgan fingerprint density at radius 2 is 1.83 bits per heavy atom. The van der Waals surface area contributed by atoms with Crippen LogP contribution < -0.4 is 5.32 Å². The molecule has 4 aromatic rings. The fraction of sp³-hybridized carbons (Fsp3) is 0.167. The molecule has 2 aromatic heterocycles. The average molecular weight is 384 g/mol. The summed E-state index contributed by atoms with van der Waals surface area (Å²) in [6.07, 6.45) is 2.76. The van der Waals surface area contributed by atoms with Crippen molar-refractivity contribution in [2.24, 2.45) is 7.05 Å². The lowest BCUT2D eigenvalue weighted by Gasteiger charge is -2.09. The first-order valence-electron chi connectivity index (χ1n) is 9.73. The first-order chi connectivity index (χ1) is 14.1. The zero-order valence-corrected chi connectivity index (χ0v) is 16.7. The van der Waals surface area contributed by atoms with Crippen molar-refractivity contribution < 1.29 is 4.79 Å². The van der Waals surface area contributed by atoms with Crippen molar-refractivity contribution in [1.82, 2.24) is 19.7 Å². The van der Waals surface area contributed by atoms with Crippen LogP contribution in [0.15, 0.2) is 79.0 Å². The summed E-state index contributed by atoms with van der Waals surface area (Å²) in [5, 5.41) is 7.79. The Balaban J connectivity index is 1.62. The second-order valence-electron chi connectivity index (χ2n) is 7.16. The molecule has 1 N–H and O–H groups in total. The summed E-state index contributed by atoms with van der Waals surface area (Å²) in [6.45, 7) is 2.60. The minimum atomic E-state index is -0.129. The maximum absolute atomic E-state index is 13.0. The molecule has 2 heterocycles. The van der Waals surface area contributed by atoms with Crippen LogP contribution in [0.4, 0.5) is 0 Å². The summed E-state index contributed by atoms with van der Waals surface area (Å²) in [7, 11) is 1.97. The van der Waals surface area contributed by atoms with E-state index >= 15 is 0 Å². The molecule has 0 spiro atoms. The SMILES string of the molecule is Cc1cccc(-n2nc(-c3cccn3C)cc2C(=O)NCCc2ccccc2)c1. The summed E-state index contributed by atoms with van der Waals surface area (Å²) in [5.41, 5.74) is 5.46. The molecule has 146 valence electrons. The molecule has 2 aromatic carbocycles. The van der Waals surface area contributed by atoms with Crippen LogP contribution in [0, 0.1) is 6.92 Å². The van der Waals surface area contributed by atoms with Crippen LogP contribution in [-0.2, 0) is 13.5 Å². The standard InChI is InChI=1S/C24H24N4O/c1-18-8-6-11-20(16-18)28-23(17-21(26-28)22-12-7-15-27(22)2)24(29)25-14-13-19-9-4-3-5-10-19/h3-12,15-17H,13-14H2,1-2H3,(H,25,29). The lowest BCUT2D eigenvalue weighted by atomic mass is 10.1. The van der Waals surface area contributed by atoms with Crippen molar-refractivity contribution in [2.45, 2.75) is 13.3 Å². The van der Waals surface area contributed by atoms with E-state index in [1.807, 2.05) is 85.4 Å². The van der Waals surface area contributed by atoms with Gasteiger partial charge in [-0.25, -0.2) is 4.68 Å². The number of aromatic nitrogens is 3. The predicted molar refractivity (Wildman–Crippen MR) is 115 cm³/mol. The van der Waals surface area contributed by atoms with Gasteiger partial charge in [-0.05, 0) is 54.8 Å². The minimum absolute atomic E-state index is 0.129. The van der Waals surface area contributed by atoms with Gasteiger partial charge in [-0.1, -0.05) is 42.5 Å². The number of nitrogens with zero attached hydrogens (tertiary/aromatic N) is 3. The number of carbonyl (C=O) groups excluding carboxylic acids is 1. The van der Waals surface area contributed by atoms with Gasteiger partial charge >= 0.3 is 0 Å². The van der Waals surface area contributed by atoms with Gasteiger partial charge in [0.1, 0.15) is 11.4 Å². The van der Waals surface area contributed by atoms with Gasteiger partial charge in [0, 0.05) is 19.8 Å². The quantitative estimate of drug-likeness (QED) is 0.543. The second kappa shape index (κ2) is 8.19. The maximum atomic E-state index is 13.0. The van der Waals surface area contributed by atoms with Crippen molar-refractivity contribution in [3.63, 3.8) is 0 Å². The number of benzene rings is 2. The van der Waals surface area contributed by atoms with E-state index < -0.39 is 0 Å². The van der Waals surface area contributed by atoms with E-state index in [1.165, 1.54) is 5.56 Å². The van der Waals surface area contributed by atoms with Crippen LogP contribution in [-0.4, -0.2) is 26.8 Å². The van der Waals surface area contributed by atoms with E-state index in [1.54, 1.807) is 4.68 Å². The van der Waals surface area contributed by atoms with Gasteiger partial charge in [-0.2, -0.15) is 5.10 Å². The highest BCUT2D eigenvalue weighted by atomic mass is 16.2. The van der Waals surface area contributed by atoms with Gasteiger partial charge in [-0.15, -0.1) is 0 Å². The second-order valence-corrected chi connectivity index (χ2v) is 7.16. The molecule has 0 saturated heterocycles. The fourth-order valence-electron chi connectivity index (χ4n) is 3.41. The zero-order valence-electron chi connectivity index (χ0n) is 16.7. The number of aryl methyl sites for hydroxylation is 2. The predicted octanol–water partition coefficient (Wildman–Crippen LogP) is 4.16. The molecule has 0 aliphatic rings. The van der Waals surface area contributed by atoms with E-state index in [0.717, 1.165) is 29.1 Å². The van der Waals surface area contributed by atoms with Crippen molar-refractivity contribution >= 4 is 5.91 Å². The van der Waals surface area contributed by atoms with Gasteiger partial charge in [0.15, 0.2) is 0 Å². The molecule has 0 atom stereocenters. The third-order valence-electron chi connectivity index (χ3n) is 4.94. The van der Waals surface area contributed by atoms with Crippen LogP contribution in [0.2, 0.25) is 0 Å². The molecule has 0 aliphatic heterocycles. The normalized spacial score (nSPS) is 10.8. The number of amides is 1. The Bertz CT molecular complexity index is 1120. The topological polar surface area (TPSA) is 51.9 Å². The van der Waals surface area contributed by atoms with Crippen LogP contribution in [0.25, 0.3) is 17.1 Å². The van der Waals surface area contributed by atoms with Gasteiger partial charge in [0.05, 0.1) is 11.4 Å². The fourth-order valence-corrected chi connectivity index (χ4v) is 3.41. The number of rotatable bonds is 6. The average Bonchev–Trinajstić information content (AvgIpc) is 3.35. The molecule has 0 aliphatic carbocycles. The van der Waals surface area contributed by atoms with Gasteiger partial charge < -0.3 is 9.88 Å². The van der Waals surface area contributed by atoms with Gasteiger partial charge in [0.2, 0.25) is 0 Å². The Labute approximate surface area is 170 Å². The van der Waals surface area contributed by atoms with E-state index in [2.05, 4.69) is 17.4 Å². The highest BCUT2D eigenvalue weighted by Gasteiger charge is 2.18. The Hall–Kier alpha value is -3.60. The highest BCUT2D eigenvalue weighted by molar-refractivity contribution is 5.94. The Morgan fingerprint density at radius 1 is 1.00 bits per heavy atom. The number of carbonyl (C=O) groups is 1. The third-order valence-corrected chi connectivity index (χ3v) is 4.94. The smallest absolute Gasteiger partial charge is 0.270 e. The molecule has 0 radical (unpaired) electrons. The minimum Gasteiger partial charge on any atom is -0.350 e. The molecular weight excluding hydrogens is 360 g/mol. The molecule has 0 bridgehead atoms. The Morgan fingerprint density at radius 3 is 2.55 bits per heavy atom. The summed E-state index contributed by atoms with van der Waals surface area (Å²) in [4.78, 5) is 13.0. The third kappa shape index (κ3) is 4.14. The molecule has 1 amide bonds. The summed E-state index contributed by atoms with van der Waals surface area (Å²) >= 11 is 0. The van der Waals surface area contributed by atoms with Crippen LogP contribution in [0.1, 0.15) is 21.6 Å². The summed E-state index contributed by atoms with van der Waals surface area (Å²) in [6, 6.07) is 24.0. The lowest BCUT2D eigenvalue weighted by Crippen LogP contribution is -2.27. The van der Waals surface area contributed by atoms with Gasteiger partial charge in [0.25, 0.3) is 5.91 Å². The maximum Gasteiger partial charge on any atom is 0.270 e. The number of hydrogen-bond acceptors (Lipinski definition) is 2. The van der Waals surface area contributed by atoms with E-state index in [4.69, 9.17) is 5.10 Å². The molecular formula is C24H24N4O. The molecule has 0 fully saturated rings. The lowest BCUT2D eigenvalue weighted by molar-refractivity contribution is 0.0946. The van der Waals surface area contributed by atoms with Crippen molar-refractivity contribution in [2.75, 3.05) is 6.54 Å². The first-order valence-corrected chi connectivity index (χ1v) is 9.73. The van der Waals surface area contributed by atoms with E-state index in [0.29, 0.717) is 12.2 Å². The first kappa shape index (κ1) is 18.7. The van der Waals surface area contributed by atoms with Crippen molar-refractivity contribution in [3.05, 3.63) is 95.8 Å². The van der Waals surface area contributed by atoms with E-state index in [9.17, 15) is 4.79 Å².